The SMILES string of the molecule is C=CCC1=C[C@@]2(OC)C[C@H](C(C)(C)O)O[C@@]2(OC)CC1=O. The Labute approximate surface area is 125 Å². The van der Waals surface area contributed by atoms with Gasteiger partial charge in [0.15, 0.2) is 5.78 Å². The van der Waals surface area contributed by atoms with Crippen LogP contribution in [0.1, 0.15) is 33.1 Å². The molecule has 1 aliphatic carbocycles. The van der Waals surface area contributed by atoms with Crippen molar-refractivity contribution in [3.05, 3.63) is 24.3 Å². The summed E-state index contributed by atoms with van der Waals surface area (Å²) in [5.41, 5.74) is -1.28. The molecule has 0 aromatic rings. The van der Waals surface area contributed by atoms with E-state index in [-0.39, 0.29) is 12.2 Å². The number of Topliss-reactive ketones (excluding diaryl/α,β-unsaturated/α-hetero) is 1. The average molecular weight is 296 g/mol. The summed E-state index contributed by atoms with van der Waals surface area (Å²) in [6, 6.07) is 0. The molecular formula is C16H24O5. The predicted octanol–water partition coefficient (Wildman–Crippen LogP) is 1.75. The number of ketones is 1. The summed E-state index contributed by atoms with van der Waals surface area (Å²) in [5, 5.41) is 10.3. The standard InChI is InChI=1S/C16H24O5/c1-6-7-11-8-15(19-4)10-13(14(2,3)18)21-16(15,20-5)9-12(11)17/h6,8,13,18H,1,7,9-10H2,2-5H3/t13-,15-,16+/m1/s1. The van der Waals surface area contributed by atoms with Crippen LogP contribution in [0.3, 0.4) is 0 Å². The van der Waals surface area contributed by atoms with Crippen LogP contribution in [0.2, 0.25) is 0 Å². The van der Waals surface area contributed by atoms with E-state index in [4.69, 9.17) is 14.2 Å². The number of rotatable bonds is 5. The molecule has 21 heavy (non-hydrogen) atoms. The highest BCUT2D eigenvalue weighted by Crippen LogP contribution is 2.51. The zero-order chi connectivity index (χ0) is 15.9. The van der Waals surface area contributed by atoms with Crippen molar-refractivity contribution in [2.75, 3.05) is 14.2 Å². The fourth-order valence-corrected chi connectivity index (χ4v) is 3.16. The maximum absolute atomic E-state index is 12.3. The van der Waals surface area contributed by atoms with Gasteiger partial charge in [-0.25, -0.2) is 0 Å². The fourth-order valence-electron chi connectivity index (χ4n) is 3.16. The highest BCUT2D eigenvalue weighted by atomic mass is 16.7. The lowest BCUT2D eigenvalue weighted by Crippen LogP contribution is -2.56. The summed E-state index contributed by atoms with van der Waals surface area (Å²) in [6.45, 7) is 7.04. The normalized spacial score (nSPS) is 36.3. The Morgan fingerprint density at radius 3 is 2.67 bits per heavy atom. The molecule has 0 unspecified atom stereocenters. The second-order valence-corrected chi connectivity index (χ2v) is 6.28. The molecule has 2 rings (SSSR count). The summed E-state index contributed by atoms with van der Waals surface area (Å²) in [6.07, 6.45) is 3.98. The van der Waals surface area contributed by atoms with Crippen LogP contribution >= 0.6 is 0 Å². The van der Waals surface area contributed by atoms with Gasteiger partial charge in [0, 0.05) is 20.6 Å². The third-order valence-corrected chi connectivity index (χ3v) is 4.47. The van der Waals surface area contributed by atoms with Crippen molar-refractivity contribution in [1.82, 2.24) is 0 Å². The van der Waals surface area contributed by atoms with Crippen LogP contribution in [-0.4, -0.2) is 48.2 Å². The number of hydrogen-bond acceptors (Lipinski definition) is 5. The minimum absolute atomic E-state index is 0.0409. The molecule has 0 aromatic heterocycles. The fraction of sp³-hybridized carbons (Fsp3) is 0.688. The zero-order valence-electron chi connectivity index (χ0n) is 13.1. The highest BCUT2D eigenvalue weighted by Gasteiger charge is 2.65. The number of hydrogen-bond donors (Lipinski definition) is 1. The van der Waals surface area contributed by atoms with Crippen LogP contribution < -0.4 is 0 Å². The summed E-state index contributed by atoms with van der Waals surface area (Å²) in [5.74, 6) is -1.23. The van der Waals surface area contributed by atoms with E-state index in [0.717, 1.165) is 0 Å². The molecule has 118 valence electrons. The van der Waals surface area contributed by atoms with Crippen molar-refractivity contribution in [3.63, 3.8) is 0 Å². The van der Waals surface area contributed by atoms with E-state index in [0.29, 0.717) is 18.4 Å². The number of ether oxygens (including phenoxy) is 3. The van der Waals surface area contributed by atoms with Gasteiger partial charge in [-0.2, -0.15) is 0 Å². The minimum Gasteiger partial charge on any atom is -0.388 e. The van der Waals surface area contributed by atoms with Gasteiger partial charge in [-0.1, -0.05) is 6.08 Å². The molecule has 0 saturated carbocycles. The molecule has 1 aliphatic heterocycles. The molecule has 1 N–H and O–H groups in total. The lowest BCUT2D eigenvalue weighted by atomic mass is 9.77. The van der Waals surface area contributed by atoms with Gasteiger partial charge in [-0.05, 0) is 31.9 Å². The second kappa shape index (κ2) is 5.32. The Hall–Kier alpha value is -1.01. The number of carbonyl (C=O) groups excluding carboxylic acids is 1. The van der Waals surface area contributed by atoms with E-state index < -0.39 is 23.1 Å². The van der Waals surface area contributed by atoms with Crippen LogP contribution in [0, 0.1) is 0 Å². The molecular weight excluding hydrogens is 272 g/mol. The molecule has 2 aliphatic rings. The van der Waals surface area contributed by atoms with E-state index in [9.17, 15) is 9.90 Å². The number of carbonyl (C=O) groups is 1. The van der Waals surface area contributed by atoms with Gasteiger partial charge >= 0.3 is 0 Å². The summed E-state index contributed by atoms with van der Waals surface area (Å²) < 4.78 is 17.3. The molecule has 5 nitrogen and oxygen atoms in total. The Morgan fingerprint density at radius 1 is 1.52 bits per heavy atom. The molecule has 1 heterocycles. The molecule has 0 bridgehead atoms. The first-order valence-electron chi connectivity index (χ1n) is 7.10. The Morgan fingerprint density at radius 2 is 2.19 bits per heavy atom. The first-order valence-corrected chi connectivity index (χ1v) is 7.10. The molecule has 1 fully saturated rings. The first kappa shape index (κ1) is 16.4. The molecule has 1 saturated heterocycles. The summed E-state index contributed by atoms with van der Waals surface area (Å²) in [7, 11) is 3.07. The van der Waals surface area contributed by atoms with E-state index in [1.54, 1.807) is 33.1 Å². The second-order valence-electron chi connectivity index (χ2n) is 6.28. The third kappa shape index (κ3) is 2.48. The quantitative estimate of drug-likeness (QED) is 0.783. The first-order chi connectivity index (χ1) is 9.73. The van der Waals surface area contributed by atoms with E-state index in [1.165, 1.54) is 7.11 Å². The van der Waals surface area contributed by atoms with Crippen LogP contribution in [0.4, 0.5) is 0 Å². The third-order valence-electron chi connectivity index (χ3n) is 4.47. The Bertz CT molecular complexity index is 476. The van der Waals surface area contributed by atoms with Gasteiger partial charge in [-0.3, -0.25) is 4.79 Å². The smallest absolute Gasteiger partial charge is 0.209 e. The van der Waals surface area contributed by atoms with Crippen LogP contribution in [0.25, 0.3) is 0 Å². The number of aliphatic hydroxyl groups is 1. The number of methoxy groups -OCH3 is 2. The molecule has 0 spiro atoms. The minimum atomic E-state index is -1.19. The lowest BCUT2D eigenvalue weighted by Gasteiger charge is -2.43. The largest absolute Gasteiger partial charge is 0.388 e. The average Bonchev–Trinajstić information content (AvgIpc) is 2.75. The molecule has 5 heteroatoms. The lowest BCUT2D eigenvalue weighted by molar-refractivity contribution is -0.282. The number of allylic oxidation sites excluding steroid dienone is 2. The molecule has 0 amide bonds. The van der Waals surface area contributed by atoms with E-state index in [2.05, 4.69) is 6.58 Å². The molecule has 0 radical (unpaired) electrons. The maximum Gasteiger partial charge on any atom is 0.209 e. The number of fused-ring (bicyclic) bond motifs is 1. The Balaban J connectivity index is 2.49. The van der Waals surface area contributed by atoms with Crippen LogP contribution in [-0.2, 0) is 19.0 Å². The molecule has 3 atom stereocenters. The summed E-state index contributed by atoms with van der Waals surface area (Å²) in [4.78, 5) is 12.3. The van der Waals surface area contributed by atoms with Crippen molar-refractivity contribution in [3.8, 4) is 0 Å². The van der Waals surface area contributed by atoms with Gasteiger partial charge < -0.3 is 19.3 Å². The Kier molecular flexibility index (Phi) is 4.14. The van der Waals surface area contributed by atoms with Gasteiger partial charge in [0.05, 0.1) is 18.1 Å². The van der Waals surface area contributed by atoms with Crippen molar-refractivity contribution < 1.29 is 24.1 Å². The van der Waals surface area contributed by atoms with Crippen LogP contribution in [0.15, 0.2) is 24.3 Å². The van der Waals surface area contributed by atoms with Crippen molar-refractivity contribution >= 4 is 5.78 Å². The topological polar surface area (TPSA) is 65.0 Å². The van der Waals surface area contributed by atoms with Crippen molar-refractivity contribution in [2.24, 2.45) is 0 Å². The maximum atomic E-state index is 12.3. The zero-order valence-corrected chi connectivity index (χ0v) is 13.1. The van der Waals surface area contributed by atoms with E-state index in [1.807, 2.05) is 0 Å². The predicted molar refractivity (Wildman–Crippen MR) is 77.8 cm³/mol. The van der Waals surface area contributed by atoms with E-state index >= 15 is 0 Å². The van der Waals surface area contributed by atoms with Crippen molar-refractivity contribution in [2.45, 2.75) is 56.2 Å². The highest BCUT2D eigenvalue weighted by molar-refractivity contribution is 5.97. The molecule has 0 aromatic carbocycles. The monoisotopic (exact) mass is 296 g/mol. The van der Waals surface area contributed by atoms with Gasteiger partial charge in [0.2, 0.25) is 5.79 Å². The van der Waals surface area contributed by atoms with Gasteiger partial charge in [-0.15, -0.1) is 6.58 Å². The van der Waals surface area contributed by atoms with Crippen molar-refractivity contribution in [1.29, 1.82) is 0 Å². The van der Waals surface area contributed by atoms with Crippen LogP contribution in [0.5, 0.6) is 0 Å². The van der Waals surface area contributed by atoms with Gasteiger partial charge in [0.1, 0.15) is 5.60 Å². The van der Waals surface area contributed by atoms with Gasteiger partial charge in [0.25, 0.3) is 0 Å². The summed E-state index contributed by atoms with van der Waals surface area (Å²) >= 11 is 0.